The summed E-state index contributed by atoms with van der Waals surface area (Å²) in [6, 6.07) is 0. The summed E-state index contributed by atoms with van der Waals surface area (Å²) < 4.78 is 1.92. The summed E-state index contributed by atoms with van der Waals surface area (Å²) >= 11 is 0. The van der Waals surface area contributed by atoms with E-state index >= 15 is 0 Å². The Bertz CT molecular complexity index is 914. The summed E-state index contributed by atoms with van der Waals surface area (Å²) in [5.74, 6) is 2.93. The first-order valence-electron chi connectivity index (χ1n) is 12.1. The molecule has 5 rings (SSSR count). The highest BCUT2D eigenvalue weighted by Crippen LogP contribution is 2.66. The Morgan fingerprint density at radius 2 is 1.87 bits per heavy atom. The van der Waals surface area contributed by atoms with Gasteiger partial charge in [0.1, 0.15) is 0 Å². The molecular formula is C26H38N2O2. The van der Waals surface area contributed by atoms with Crippen molar-refractivity contribution in [3.8, 4) is 0 Å². The van der Waals surface area contributed by atoms with Crippen LogP contribution in [0, 0.1) is 48.3 Å². The molecule has 4 heteroatoms. The molecule has 1 aromatic heterocycles. The number of aromatic nitrogens is 2. The number of allylic oxidation sites excluding steroid dienone is 1. The molecule has 164 valence electrons. The van der Waals surface area contributed by atoms with Crippen LogP contribution in [0.25, 0.3) is 6.08 Å². The smallest absolute Gasteiger partial charge is 0.165 e. The summed E-state index contributed by atoms with van der Waals surface area (Å²) in [5, 5.41) is 14.8. The van der Waals surface area contributed by atoms with Crippen LogP contribution in [0.4, 0.5) is 0 Å². The molecule has 7 atom stereocenters. The first kappa shape index (κ1) is 20.5. The molecular weight excluding hydrogens is 372 g/mol. The maximum Gasteiger partial charge on any atom is 0.165 e. The zero-order valence-corrected chi connectivity index (χ0v) is 19.4. The Kier molecular flexibility index (Phi) is 4.63. The second-order valence-electron chi connectivity index (χ2n) is 11.5. The van der Waals surface area contributed by atoms with E-state index in [9.17, 15) is 9.90 Å². The third-order valence-electron chi connectivity index (χ3n) is 10.2. The lowest BCUT2D eigenvalue weighted by atomic mass is 9.45. The van der Waals surface area contributed by atoms with E-state index in [4.69, 9.17) is 0 Å². The SMILES string of the molecule is Cc1nn(C)c(C)c1/C=C1/C[C@@H]2[C@H]3CC[C@@H]4C[C@H](O)CC[C@]4(C)[C@@H]3CC[C@]2(C)C1=O. The summed E-state index contributed by atoms with van der Waals surface area (Å²) in [4.78, 5) is 13.6. The molecule has 1 heterocycles. The van der Waals surface area contributed by atoms with Crippen LogP contribution >= 0.6 is 0 Å². The highest BCUT2D eigenvalue weighted by molar-refractivity contribution is 6.06. The lowest BCUT2D eigenvalue weighted by Gasteiger charge is -2.59. The summed E-state index contributed by atoms with van der Waals surface area (Å²) in [6.07, 6.45) is 10.8. The molecule has 4 saturated carbocycles. The van der Waals surface area contributed by atoms with Gasteiger partial charge in [0, 0.05) is 23.7 Å². The van der Waals surface area contributed by atoms with Gasteiger partial charge < -0.3 is 5.11 Å². The van der Waals surface area contributed by atoms with Crippen molar-refractivity contribution < 1.29 is 9.90 Å². The van der Waals surface area contributed by atoms with Crippen LogP contribution in [-0.2, 0) is 11.8 Å². The summed E-state index contributed by atoms with van der Waals surface area (Å²) in [6.45, 7) is 8.91. The monoisotopic (exact) mass is 410 g/mol. The van der Waals surface area contributed by atoms with Gasteiger partial charge in [0.2, 0.25) is 0 Å². The zero-order valence-electron chi connectivity index (χ0n) is 19.4. The normalized spacial score (nSPS) is 44.7. The van der Waals surface area contributed by atoms with E-state index in [1.807, 2.05) is 18.7 Å². The topological polar surface area (TPSA) is 55.1 Å². The maximum atomic E-state index is 13.6. The minimum Gasteiger partial charge on any atom is -0.393 e. The molecule has 4 aliphatic rings. The molecule has 0 bridgehead atoms. The van der Waals surface area contributed by atoms with E-state index in [0.29, 0.717) is 29.0 Å². The molecule has 4 nitrogen and oxygen atoms in total. The van der Waals surface area contributed by atoms with E-state index in [-0.39, 0.29) is 11.5 Å². The fourth-order valence-electron chi connectivity index (χ4n) is 8.21. The van der Waals surface area contributed by atoms with Crippen molar-refractivity contribution in [1.29, 1.82) is 0 Å². The summed E-state index contributed by atoms with van der Waals surface area (Å²) in [7, 11) is 1.98. The number of ketones is 1. The second-order valence-corrected chi connectivity index (χ2v) is 11.5. The Labute approximate surface area is 181 Å². The molecule has 0 amide bonds. The van der Waals surface area contributed by atoms with Crippen molar-refractivity contribution in [2.45, 2.75) is 85.2 Å². The van der Waals surface area contributed by atoms with Crippen LogP contribution in [0.15, 0.2) is 5.57 Å². The lowest BCUT2D eigenvalue weighted by Crippen LogP contribution is -2.54. The molecule has 4 aliphatic carbocycles. The zero-order chi connectivity index (χ0) is 21.4. The average molecular weight is 411 g/mol. The lowest BCUT2D eigenvalue weighted by molar-refractivity contribution is -0.141. The molecule has 1 aromatic rings. The molecule has 0 saturated heterocycles. The minimum absolute atomic E-state index is 0.0953. The quantitative estimate of drug-likeness (QED) is 0.663. The van der Waals surface area contributed by atoms with Crippen molar-refractivity contribution >= 4 is 11.9 Å². The van der Waals surface area contributed by atoms with Gasteiger partial charge in [0.25, 0.3) is 0 Å². The fraction of sp³-hybridized carbons (Fsp3) is 0.769. The van der Waals surface area contributed by atoms with Crippen LogP contribution in [0.1, 0.15) is 82.2 Å². The van der Waals surface area contributed by atoms with Crippen molar-refractivity contribution in [1.82, 2.24) is 9.78 Å². The molecule has 0 spiro atoms. The predicted molar refractivity (Wildman–Crippen MR) is 119 cm³/mol. The van der Waals surface area contributed by atoms with Crippen molar-refractivity contribution in [3.63, 3.8) is 0 Å². The van der Waals surface area contributed by atoms with Gasteiger partial charge in [0.05, 0.1) is 11.8 Å². The Hall–Kier alpha value is -1.42. The van der Waals surface area contributed by atoms with Gasteiger partial charge in [-0.05, 0) is 106 Å². The first-order valence-corrected chi connectivity index (χ1v) is 12.1. The van der Waals surface area contributed by atoms with Gasteiger partial charge in [0.15, 0.2) is 5.78 Å². The number of carbonyl (C=O) groups is 1. The molecule has 0 aliphatic heterocycles. The number of carbonyl (C=O) groups excluding carboxylic acids is 1. The van der Waals surface area contributed by atoms with E-state index in [1.165, 1.54) is 19.3 Å². The van der Waals surface area contributed by atoms with E-state index in [2.05, 4.69) is 31.9 Å². The number of hydrogen-bond acceptors (Lipinski definition) is 3. The van der Waals surface area contributed by atoms with Gasteiger partial charge >= 0.3 is 0 Å². The van der Waals surface area contributed by atoms with Crippen molar-refractivity contribution in [2.24, 2.45) is 41.5 Å². The van der Waals surface area contributed by atoms with Gasteiger partial charge in [-0.2, -0.15) is 5.10 Å². The third-order valence-corrected chi connectivity index (χ3v) is 10.2. The second kappa shape index (κ2) is 6.79. The number of nitrogens with zero attached hydrogens (tertiary/aromatic N) is 2. The minimum atomic E-state index is -0.186. The molecule has 0 aromatic carbocycles. The van der Waals surface area contributed by atoms with Crippen LogP contribution in [0.5, 0.6) is 0 Å². The first-order chi connectivity index (χ1) is 14.1. The molecule has 1 N–H and O–H groups in total. The van der Waals surface area contributed by atoms with Crippen LogP contribution < -0.4 is 0 Å². The van der Waals surface area contributed by atoms with Crippen molar-refractivity contribution in [2.75, 3.05) is 0 Å². The number of aliphatic hydroxyl groups is 1. The molecule has 0 unspecified atom stereocenters. The van der Waals surface area contributed by atoms with E-state index in [0.717, 1.165) is 60.5 Å². The van der Waals surface area contributed by atoms with E-state index < -0.39 is 0 Å². The van der Waals surface area contributed by atoms with Crippen LogP contribution in [0.2, 0.25) is 0 Å². The largest absolute Gasteiger partial charge is 0.393 e. The third kappa shape index (κ3) is 2.75. The molecule has 30 heavy (non-hydrogen) atoms. The van der Waals surface area contributed by atoms with Crippen molar-refractivity contribution in [3.05, 3.63) is 22.5 Å². The maximum absolute atomic E-state index is 13.6. The number of rotatable bonds is 1. The van der Waals surface area contributed by atoms with Crippen LogP contribution in [-0.4, -0.2) is 26.8 Å². The summed E-state index contributed by atoms with van der Waals surface area (Å²) in [5.41, 5.74) is 4.50. The number of aliphatic hydroxyl groups excluding tert-OH is 1. The van der Waals surface area contributed by atoms with Crippen LogP contribution in [0.3, 0.4) is 0 Å². The molecule has 4 fully saturated rings. The highest BCUT2D eigenvalue weighted by atomic mass is 16.3. The Morgan fingerprint density at radius 1 is 1.10 bits per heavy atom. The molecule has 0 radical (unpaired) electrons. The number of hydrogen-bond donors (Lipinski definition) is 1. The highest BCUT2D eigenvalue weighted by Gasteiger charge is 2.61. The average Bonchev–Trinajstić information content (AvgIpc) is 3.10. The Morgan fingerprint density at radius 3 is 2.57 bits per heavy atom. The number of fused-ring (bicyclic) bond motifs is 5. The Balaban J connectivity index is 1.47. The van der Waals surface area contributed by atoms with Gasteiger partial charge in [-0.3, -0.25) is 9.48 Å². The number of Topliss-reactive ketones (excluding diaryl/α,β-unsaturated/α-hetero) is 1. The van der Waals surface area contributed by atoms with Gasteiger partial charge in [-0.25, -0.2) is 0 Å². The van der Waals surface area contributed by atoms with Gasteiger partial charge in [-0.1, -0.05) is 13.8 Å². The predicted octanol–water partition coefficient (Wildman–Crippen LogP) is 5.00. The van der Waals surface area contributed by atoms with Gasteiger partial charge in [-0.15, -0.1) is 0 Å². The number of aryl methyl sites for hydroxylation is 2. The fourth-order valence-corrected chi connectivity index (χ4v) is 8.21. The van der Waals surface area contributed by atoms with E-state index in [1.54, 1.807) is 0 Å². The standard InChI is InChI=1S/C26H38N2O2/c1-15-21(16(2)28(5)27-15)12-17-13-23-20-7-6-18-14-19(29)8-10-25(18,3)22(20)9-11-26(23,4)24(17)30/h12,18-20,22-23,29H,6-11,13-14H2,1-5H3/b17-12-/t18-,19-,20+,22-,23-,25+,26+/m1/s1.